The van der Waals surface area contributed by atoms with Crippen LogP contribution in [0, 0.1) is 0 Å². The van der Waals surface area contributed by atoms with Gasteiger partial charge in [-0.25, -0.2) is 0 Å². The fourth-order valence-electron chi connectivity index (χ4n) is 3.07. The van der Waals surface area contributed by atoms with Crippen molar-refractivity contribution in [1.82, 2.24) is 4.90 Å². The minimum absolute atomic E-state index is 0.0639. The average molecular weight is 389 g/mol. The first kappa shape index (κ1) is 16.0. The van der Waals surface area contributed by atoms with Crippen molar-refractivity contribution in [3.8, 4) is 5.75 Å². The summed E-state index contributed by atoms with van der Waals surface area (Å²) in [5, 5.41) is 10.6. The van der Waals surface area contributed by atoms with Gasteiger partial charge in [-0.15, -0.1) is 0 Å². The van der Waals surface area contributed by atoms with Crippen LogP contribution in [0.15, 0.2) is 24.3 Å². The zero-order chi connectivity index (χ0) is 14.8. The monoisotopic (exact) mass is 389 g/mol. The molecule has 20 heavy (non-hydrogen) atoms. The van der Waals surface area contributed by atoms with Crippen molar-refractivity contribution in [2.75, 3.05) is 13.7 Å². The fraction of sp³-hybridized carbons (Fsp3) is 0.625. The first-order valence-electron chi connectivity index (χ1n) is 7.24. The van der Waals surface area contributed by atoms with Crippen molar-refractivity contribution in [3.63, 3.8) is 0 Å². The molecule has 2 rings (SSSR count). The van der Waals surface area contributed by atoms with Gasteiger partial charge in [-0.1, -0.05) is 34.7 Å². The first-order valence-corrected chi connectivity index (χ1v) is 8.32. The zero-order valence-corrected chi connectivity index (χ0v) is 14.6. The molecule has 0 aliphatic carbocycles. The van der Waals surface area contributed by atoms with Gasteiger partial charge in [0.05, 0.1) is 16.8 Å². The van der Waals surface area contributed by atoms with E-state index in [2.05, 4.69) is 41.3 Å². The van der Waals surface area contributed by atoms with Crippen LogP contribution in [0.1, 0.15) is 44.8 Å². The molecule has 1 aromatic rings. The second kappa shape index (κ2) is 6.62. The summed E-state index contributed by atoms with van der Waals surface area (Å²) in [5.74, 6) is 0.802. The lowest BCUT2D eigenvalue weighted by molar-refractivity contribution is 0.0994. The topological polar surface area (TPSA) is 32.7 Å². The predicted molar refractivity (Wildman–Crippen MR) is 90.4 cm³/mol. The maximum absolute atomic E-state index is 10.6. The number of likely N-dealkylation sites (tertiary alicyclic amines) is 1. The van der Waals surface area contributed by atoms with Gasteiger partial charge in [-0.3, -0.25) is 4.90 Å². The maximum Gasteiger partial charge on any atom is 0.119 e. The molecular weight excluding hydrogens is 365 g/mol. The van der Waals surface area contributed by atoms with Crippen LogP contribution in [0.4, 0.5) is 0 Å². The fourth-order valence-corrected chi connectivity index (χ4v) is 4.66. The third-order valence-electron chi connectivity index (χ3n) is 4.08. The molecule has 4 heteroatoms. The summed E-state index contributed by atoms with van der Waals surface area (Å²) in [6.07, 6.45) is 2.68. The van der Waals surface area contributed by atoms with E-state index >= 15 is 0 Å². The van der Waals surface area contributed by atoms with E-state index < -0.39 is 6.10 Å². The molecule has 0 radical (unpaired) electrons. The Hall–Kier alpha value is -0.330. The third kappa shape index (κ3) is 3.46. The molecule has 1 fully saturated rings. The summed E-state index contributed by atoms with van der Waals surface area (Å²) < 4.78 is 5.30. The van der Waals surface area contributed by atoms with E-state index in [4.69, 9.17) is 4.74 Å². The van der Waals surface area contributed by atoms with Crippen molar-refractivity contribution in [2.45, 2.75) is 48.8 Å². The van der Waals surface area contributed by atoms with Gasteiger partial charge in [0.25, 0.3) is 0 Å². The molecule has 2 atom stereocenters. The number of rotatable bonds is 5. The Labute approximate surface area is 135 Å². The number of alkyl halides is 1. The van der Waals surface area contributed by atoms with E-state index in [0.717, 1.165) is 30.7 Å². The molecule has 0 bridgehead atoms. The van der Waals surface area contributed by atoms with Crippen molar-refractivity contribution < 1.29 is 9.84 Å². The van der Waals surface area contributed by atoms with Crippen LogP contribution in [0.3, 0.4) is 0 Å². The Morgan fingerprint density at radius 1 is 1.45 bits per heavy atom. The lowest BCUT2D eigenvalue weighted by Gasteiger charge is -2.38. The molecule has 1 saturated heterocycles. The van der Waals surface area contributed by atoms with Gasteiger partial charge in [0.15, 0.2) is 0 Å². The summed E-state index contributed by atoms with van der Waals surface area (Å²) in [7, 11) is 1.66. The van der Waals surface area contributed by atoms with Gasteiger partial charge in [0.2, 0.25) is 0 Å². The standard InChI is InChI=1S/C16H24INO2/c1-12(2)18-9-5-8-16(18,17)11-15(19)13-6-4-7-14(10-13)20-3/h4,6-7,10,12,15,19H,5,8-9,11H2,1-3H3. The SMILES string of the molecule is COc1cccc(C(O)CC2(I)CCCN2C(C)C)c1. The number of aliphatic hydroxyl groups is 1. The predicted octanol–water partition coefficient (Wildman–Crippen LogP) is 3.75. The van der Waals surface area contributed by atoms with Crippen LogP contribution in [0.5, 0.6) is 5.75 Å². The first-order chi connectivity index (χ1) is 9.46. The number of benzene rings is 1. The number of ether oxygens (including phenoxy) is 1. The van der Waals surface area contributed by atoms with E-state index in [9.17, 15) is 5.11 Å². The quantitative estimate of drug-likeness (QED) is 0.473. The van der Waals surface area contributed by atoms with Crippen LogP contribution < -0.4 is 4.74 Å². The normalized spacial score (nSPS) is 25.1. The highest BCUT2D eigenvalue weighted by atomic mass is 127. The Balaban J connectivity index is 2.11. The summed E-state index contributed by atoms with van der Waals surface area (Å²) >= 11 is 2.54. The van der Waals surface area contributed by atoms with Gasteiger partial charge >= 0.3 is 0 Å². The van der Waals surface area contributed by atoms with E-state index in [0.29, 0.717) is 6.04 Å². The third-order valence-corrected chi connectivity index (χ3v) is 5.68. The number of hydrogen-bond acceptors (Lipinski definition) is 3. The molecule has 3 nitrogen and oxygen atoms in total. The molecule has 112 valence electrons. The molecule has 0 amide bonds. The summed E-state index contributed by atoms with van der Waals surface area (Å²) in [5.41, 5.74) is 0.941. The summed E-state index contributed by atoms with van der Waals surface area (Å²) in [4.78, 5) is 2.51. The molecule has 1 aliphatic heterocycles. The summed E-state index contributed by atoms with van der Waals surface area (Å²) in [6.45, 7) is 5.60. The van der Waals surface area contributed by atoms with Gasteiger partial charge in [-0.05, 0) is 50.9 Å². The molecule has 0 saturated carbocycles. The van der Waals surface area contributed by atoms with Crippen molar-refractivity contribution >= 4 is 22.6 Å². The maximum atomic E-state index is 10.6. The van der Waals surface area contributed by atoms with Crippen LogP contribution in [-0.4, -0.2) is 33.2 Å². The molecule has 1 heterocycles. The molecule has 0 spiro atoms. The van der Waals surface area contributed by atoms with Crippen LogP contribution >= 0.6 is 22.6 Å². The van der Waals surface area contributed by atoms with Gasteiger partial charge < -0.3 is 9.84 Å². The van der Waals surface area contributed by atoms with Gasteiger partial charge in [0.1, 0.15) is 5.75 Å². The highest BCUT2D eigenvalue weighted by Gasteiger charge is 2.41. The smallest absolute Gasteiger partial charge is 0.119 e. The molecule has 1 aromatic carbocycles. The minimum Gasteiger partial charge on any atom is -0.497 e. The number of hydrogen-bond donors (Lipinski definition) is 1. The Morgan fingerprint density at radius 3 is 2.85 bits per heavy atom. The van der Waals surface area contributed by atoms with E-state index in [1.807, 2.05) is 24.3 Å². The molecule has 1 N–H and O–H groups in total. The number of aliphatic hydroxyl groups excluding tert-OH is 1. The lowest BCUT2D eigenvalue weighted by Crippen LogP contribution is -2.43. The largest absolute Gasteiger partial charge is 0.497 e. The van der Waals surface area contributed by atoms with E-state index in [-0.39, 0.29) is 3.55 Å². The van der Waals surface area contributed by atoms with E-state index in [1.165, 1.54) is 6.42 Å². The zero-order valence-electron chi connectivity index (χ0n) is 12.5. The van der Waals surface area contributed by atoms with Gasteiger partial charge in [-0.2, -0.15) is 0 Å². The van der Waals surface area contributed by atoms with Gasteiger partial charge in [0, 0.05) is 12.5 Å². The van der Waals surface area contributed by atoms with Crippen molar-refractivity contribution in [2.24, 2.45) is 0 Å². The second-order valence-electron chi connectivity index (χ2n) is 5.81. The number of methoxy groups -OCH3 is 1. The molecule has 0 aromatic heterocycles. The minimum atomic E-state index is -0.443. The summed E-state index contributed by atoms with van der Waals surface area (Å²) in [6, 6.07) is 8.27. The Bertz CT molecular complexity index is 452. The number of nitrogens with zero attached hydrogens (tertiary/aromatic N) is 1. The second-order valence-corrected chi connectivity index (χ2v) is 7.81. The molecule has 1 aliphatic rings. The number of halogens is 1. The Kier molecular flexibility index (Phi) is 5.31. The molecule has 2 unspecified atom stereocenters. The van der Waals surface area contributed by atoms with E-state index in [1.54, 1.807) is 7.11 Å². The highest BCUT2D eigenvalue weighted by molar-refractivity contribution is 14.1. The van der Waals surface area contributed by atoms with Crippen LogP contribution in [0.25, 0.3) is 0 Å². The average Bonchev–Trinajstić information content (AvgIpc) is 2.80. The highest BCUT2D eigenvalue weighted by Crippen LogP contribution is 2.43. The Morgan fingerprint density at radius 2 is 2.20 bits per heavy atom. The lowest BCUT2D eigenvalue weighted by atomic mass is 9.99. The van der Waals surface area contributed by atoms with Crippen LogP contribution in [-0.2, 0) is 0 Å². The van der Waals surface area contributed by atoms with Crippen molar-refractivity contribution in [3.05, 3.63) is 29.8 Å². The van der Waals surface area contributed by atoms with Crippen LogP contribution in [0.2, 0.25) is 0 Å². The van der Waals surface area contributed by atoms with Crippen molar-refractivity contribution in [1.29, 1.82) is 0 Å². The molecular formula is C16H24INO2.